The largest absolute Gasteiger partial charge is 0.441 e. The van der Waals surface area contributed by atoms with E-state index in [0.717, 1.165) is 27.6 Å². The molecule has 0 saturated carbocycles. The molecule has 154 valence electrons. The molecule has 1 aromatic carbocycles. The number of hydrogen-bond acceptors (Lipinski definition) is 4. The minimum absolute atomic E-state index is 0.115. The summed E-state index contributed by atoms with van der Waals surface area (Å²) >= 11 is 0.233. The summed E-state index contributed by atoms with van der Waals surface area (Å²) in [5.41, 5.74) is 4.37. The maximum Gasteiger partial charge on any atom is 0.441 e. The van der Waals surface area contributed by atoms with Crippen LogP contribution in [0.2, 0.25) is 0 Å². The van der Waals surface area contributed by atoms with Gasteiger partial charge >= 0.3 is 6.18 Å². The highest BCUT2D eigenvalue weighted by molar-refractivity contribution is 8.27. The van der Waals surface area contributed by atoms with Gasteiger partial charge in [-0.2, -0.15) is 28.3 Å². The van der Waals surface area contributed by atoms with Crippen LogP contribution in [0.1, 0.15) is 22.5 Å². The molecule has 2 aliphatic rings. The second-order valence-electron chi connectivity index (χ2n) is 6.92. The van der Waals surface area contributed by atoms with Gasteiger partial charge in [-0.1, -0.05) is 17.7 Å². The first-order valence-electron chi connectivity index (χ1n) is 8.89. The molecule has 2 aliphatic heterocycles. The molecule has 3 heterocycles. The Kier molecular flexibility index (Phi) is 4.69. The van der Waals surface area contributed by atoms with E-state index in [0.29, 0.717) is 5.56 Å². The van der Waals surface area contributed by atoms with Crippen molar-refractivity contribution < 1.29 is 18.0 Å². The zero-order valence-electron chi connectivity index (χ0n) is 16.2. The molecule has 1 aromatic heterocycles. The Balaban J connectivity index is 1.74. The van der Waals surface area contributed by atoms with E-state index in [1.807, 2.05) is 55.7 Å². The van der Waals surface area contributed by atoms with Crippen LogP contribution >= 0.6 is 11.8 Å². The Bertz CT molecular complexity index is 1170. The summed E-state index contributed by atoms with van der Waals surface area (Å²) in [6, 6.07) is 9.79. The molecule has 0 unspecified atom stereocenters. The number of aromatic nitrogens is 1. The van der Waals surface area contributed by atoms with Crippen LogP contribution in [0.4, 0.5) is 13.2 Å². The molecule has 0 saturated heterocycles. The highest BCUT2D eigenvalue weighted by Crippen LogP contribution is 2.35. The van der Waals surface area contributed by atoms with Crippen molar-refractivity contribution in [2.45, 2.75) is 26.9 Å². The van der Waals surface area contributed by atoms with Gasteiger partial charge < -0.3 is 4.57 Å². The lowest BCUT2D eigenvalue weighted by atomic mass is 10.1. The predicted octanol–water partition coefficient (Wildman–Crippen LogP) is 4.58. The maximum absolute atomic E-state index is 12.9. The number of halogens is 3. The number of carbonyl (C=O) groups is 1. The van der Waals surface area contributed by atoms with Crippen LogP contribution in [0.15, 0.2) is 46.0 Å². The molecule has 30 heavy (non-hydrogen) atoms. The van der Waals surface area contributed by atoms with Gasteiger partial charge in [-0.15, -0.1) is 0 Å². The lowest BCUT2D eigenvalue weighted by Crippen LogP contribution is -2.35. The number of alkyl halides is 3. The van der Waals surface area contributed by atoms with Crippen molar-refractivity contribution in [2.24, 2.45) is 10.1 Å². The predicted molar refractivity (Wildman–Crippen MR) is 111 cm³/mol. The standard InChI is InChI=1S/C20H16F3N5OS/c1-10-4-6-14(7-5-10)27-11(2)8-13(12(27)3)9-15-16(24)28-19(25-17(15)29)30-18(26-28)20(21,22)23/h4-9,24H,1-3H3. The molecular weight excluding hydrogens is 415 g/mol. The van der Waals surface area contributed by atoms with Crippen molar-refractivity contribution in [1.82, 2.24) is 9.58 Å². The Morgan fingerprint density at radius 3 is 2.43 bits per heavy atom. The molecule has 4 rings (SSSR count). The molecular formula is C20H16F3N5OS. The monoisotopic (exact) mass is 431 g/mol. The fourth-order valence-electron chi connectivity index (χ4n) is 3.29. The number of nitrogens with one attached hydrogen (secondary N) is 1. The number of hydrogen-bond donors (Lipinski definition) is 1. The van der Waals surface area contributed by atoms with E-state index >= 15 is 0 Å². The molecule has 0 bridgehead atoms. The molecule has 0 fully saturated rings. The molecule has 1 amide bonds. The molecule has 0 spiro atoms. The first-order chi connectivity index (χ1) is 14.1. The fraction of sp³-hybridized carbons (Fsp3) is 0.200. The summed E-state index contributed by atoms with van der Waals surface area (Å²) in [6.07, 6.45) is -3.19. The first kappa shape index (κ1) is 20.1. The molecule has 1 N–H and O–H groups in total. The number of nitrogens with zero attached hydrogens (tertiary/aromatic N) is 4. The third kappa shape index (κ3) is 3.36. The molecule has 2 aromatic rings. The van der Waals surface area contributed by atoms with Gasteiger partial charge in [0.1, 0.15) is 0 Å². The van der Waals surface area contributed by atoms with Crippen LogP contribution in [0.25, 0.3) is 11.8 Å². The number of aryl methyl sites for hydroxylation is 2. The number of amides is 1. The van der Waals surface area contributed by atoms with Gasteiger partial charge in [0, 0.05) is 17.1 Å². The average Bonchev–Trinajstić information content (AvgIpc) is 3.21. The fourth-order valence-corrected chi connectivity index (χ4v) is 4.05. The summed E-state index contributed by atoms with van der Waals surface area (Å²) in [5, 5.41) is 11.0. The van der Waals surface area contributed by atoms with E-state index in [2.05, 4.69) is 10.1 Å². The van der Waals surface area contributed by atoms with Gasteiger partial charge in [0.05, 0.1) is 5.57 Å². The normalized spacial score (nSPS) is 18.1. The van der Waals surface area contributed by atoms with Gasteiger partial charge in [-0.05, 0) is 62.4 Å². The van der Waals surface area contributed by atoms with Gasteiger partial charge in [-0.25, -0.2) is 0 Å². The van der Waals surface area contributed by atoms with E-state index in [-0.39, 0.29) is 22.5 Å². The van der Waals surface area contributed by atoms with Crippen LogP contribution in [0, 0.1) is 26.2 Å². The number of carbonyl (C=O) groups excluding carboxylic acids is 1. The van der Waals surface area contributed by atoms with Crippen LogP contribution in [0.3, 0.4) is 0 Å². The van der Waals surface area contributed by atoms with Crippen LogP contribution in [-0.4, -0.2) is 37.7 Å². The average molecular weight is 431 g/mol. The second kappa shape index (κ2) is 6.98. The van der Waals surface area contributed by atoms with E-state index in [1.54, 1.807) is 0 Å². The van der Waals surface area contributed by atoms with Gasteiger partial charge in [0.2, 0.25) is 10.2 Å². The summed E-state index contributed by atoms with van der Waals surface area (Å²) in [5.74, 6) is -1.20. The zero-order valence-corrected chi connectivity index (χ0v) is 17.0. The lowest BCUT2D eigenvalue weighted by molar-refractivity contribution is -0.114. The zero-order chi connectivity index (χ0) is 21.8. The maximum atomic E-state index is 12.9. The highest BCUT2D eigenvalue weighted by Gasteiger charge is 2.46. The van der Waals surface area contributed by atoms with Crippen molar-refractivity contribution in [1.29, 1.82) is 5.41 Å². The number of thioether (sulfide) groups is 1. The van der Waals surface area contributed by atoms with Gasteiger partial charge in [0.15, 0.2) is 5.84 Å². The van der Waals surface area contributed by atoms with Crippen molar-refractivity contribution in [2.75, 3.05) is 0 Å². The highest BCUT2D eigenvalue weighted by atomic mass is 32.2. The Morgan fingerprint density at radius 2 is 1.80 bits per heavy atom. The molecule has 6 nitrogen and oxygen atoms in total. The Labute approximate surface area is 174 Å². The number of hydrazone groups is 1. The van der Waals surface area contributed by atoms with Crippen molar-refractivity contribution in [3.63, 3.8) is 0 Å². The smallest absolute Gasteiger partial charge is 0.318 e. The first-order valence-corrected chi connectivity index (χ1v) is 9.71. The molecule has 0 aliphatic carbocycles. The van der Waals surface area contributed by atoms with Crippen LogP contribution in [0.5, 0.6) is 0 Å². The Morgan fingerprint density at radius 1 is 1.13 bits per heavy atom. The summed E-state index contributed by atoms with van der Waals surface area (Å²) < 4.78 is 40.8. The van der Waals surface area contributed by atoms with Gasteiger partial charge in [0.25, 0.3) is 5.91 Å². The topological polar surface area (TPSA) is 73.8 Å². The second-order valence-corrected chi connectivity index (χ2v) is 7.88. The van der Waals surface area contributed by atoms with Crippen molar-refractivity contribution >= 4 is 39.8 Å². The van der Waals surface area contributed by atoms with E-state index in [4.69, 9.17) is 5.41 Å². The summed E-state index contributed by atoms with van der Waals surface area (Å²) in [7, 11) is 0. The number of benzene rings is 1. The minimum Gasteiger partial charge on any atom is -0.318 e. The number of fused-ring (bicyclic) bond motifs is 1. The number of rotatable bonds is 2. The minimum atomic E-state index is -4.67. The Hall–Kier alpha value is -3.14. The molecule has 0 atom stereocenters. The van der Waals surface area contributed by atoms with Crippen LogP contribution in [-0.2, 0) is 4.79 Å². The molecule has 10 heteroatoms. The quantitative estimate of drug-likeness (QED) is 0.707. The number of aliphatic imine (C=N–C) groups is 1. The van der Waals surface area contributed by atoms with E-state index in [9.17, 15) is 18.0 Å². The third-order valence-corrected chi connectivity index (χ3v) is 5.71. The van der Waals surface area contributed by atoms with Crippen molar-refractivity contribution in [3.05, 3.63) is 58.4 Å². The summed E-state index contributed by atoms with van der Waals surface area (Å²) in [6.45, 7) is 5.78. The SMILES string of the molecule is Cc1ccc(-n2c(C)cc(C=C3C(=N)N4N=C(C(F)(F)F)SC4=NC3=O)c2C)cc1. The van der Waals surface area contributed by atoms with Gasteiger partial charge in [-0.3, -0.25) is 10.2 Å². The van der Waals surface area contributed by atoms with Crippen LogP contribution < -0.4 is 0 Å². The lowest BCUT2D eigenvalue weighted by Gasteiger charge is -2.20. The summed E-state index contributed by atoms with van der Waals surface area (Å²) in [4.78, 5) is 16.1. The van der Waals surface area contributed by atoms with E-state index < -0.39 is 23.0 Å². The van der Waals surface area contributed by atoms with E-state index in [1.165, 1.54) is 6.08 Å². The van der Waals surface area contributed by atoms with Crippen molar-refractivity contribution in [3.8, 4) is 5.69 Å². The third-order valence-electron chi connectivity index (χ3n) is 4.76. The molecule has 0 radical (unpaired) electrons. The number of amidine groups is 2.